The van der Waals surface area contributed by atoms with E-state index in [-0.39, 0.29) is 18.4 Å². The summed E-state index contributed by atoms with van der Waals surface area (Å²) in [5.41, 5.74) is -0.803. The van der Waals surface area contributed by atoms with Gasteiger partial charge >= 0.3 is 5.97 Å². The lowest BCUT2D eigenvalue weighted by atomic mass is 9.81. The Kier molecular flexibility index (Phi) is 3.90. The monoisotopic (exact) mass is 297 g/mol. The van der Waals surface area contributed by atoms with Crippen molar-refractivity contribution in [3.63, 3.8) is 0 Å². The van der Waals surface area contributed by atoms with Crippen LogP contribution in [0.25, 0.3) is 0 Å². The van der Waals surface area contributed by atoms with Crippen molar-refractivity contribution in [2.24, 2.45) is 11.3 Å². The summed E-state index contributed by atoms with van der Waals surface area (Å²) in [7, 11) is 2.06. The van der Waals surface area contributed by atoms with E-state index in [9.17, 15) is 14.7 Å². The Balaban J connectivity index is 1.57. The molecule has 3 fully saturated rings. The van der Waals surface area contributed by atoms with Crippen molar-refractivity contribution in [2.75, 3.05) is 66.1 Å². The van der Waals surface area contributed by atoms with E-state index in [0.717, 1.165) is 26.2 Å². The summed E-state index contributed by atoms with van der Waals surface area (Å²) < 4.78 is 5.35. The molecule has 1 N–H and O–H groups in total. The molecule has 0 unspecified atom stereocenters. The minimum absolute atomic E-state index is 0.00953. The van der Waals surface area contributed by atoms with Gasteiger partial charge in [0.2, 0.25) is 5.91 Å². The van der Waals surface area contributed by atoms with Crippen LogP contribution in [0, 0.1) is 11.3 Å². The Bertz CT molecular complexity index is 436. The van der Waals surface area contributed by atoms with Gasteiger partial charge in [0.05, 0.1) is 19.8 Å². The number of likely N-dealkylation sites (tertiary alicyclic amines) is 1. The zero-order valence-electron chi connectivity index (χ0n) is 12.5. The molecule has 2 atom stereocenters. The average molecular weight is 297 g/mol. The van der Waals surface area contributed by atoms with Crippen LogP contribution >= 0.6 is 0 Å². The molecule has 3 aliphatic heterocycles. The quantitative estimate of drug-likeness (QED) is 0.705. The van der Waals surface area contributed by atoms with Gasteiger partial charge in [0.15, 0.2) is 0 Å². The molecular weight excluding hydrogens is 274 g/mol. The number of ether oxygens (including phenoxy) is 1. The number of aliphatic carboxylic acids is 1. The van der Waals surface area contributed by atoms with E-state index in [1.54, 1.807) is 0 Å². The second kappa shape index (κ2) is 5.55. The van der Waals surface area contributed by atoms with Crippen LogP contribution in [0.4, 0.5) is 0 Å². The maximum atomic E-state index is 12.3. The lowest BCUT2D eigenvalue weighted by molar-refractivity contribution is -0.150. The predicted octanol–water partition coefficient (Wildman–Crippen LogP) is -1.21. The highest BCUT2D eigenvalue weighted by atomic mass is 16.5. The van der Waals surface area contributed by atoms with Gasteiger partial charge in [-0.05, 0) is 7.05 Å². The molecule has 0 saturated carbocycles. The largest absolute Gasteiger partial charge is 0.481 e. The van der Waals surface area contributed by atoms with Crippen LogP contribution in [0.15, 0.2) is 0 Å². The number of hydrogen-bond acceptors (Lipinski definition) is 5. The van der Waals surface area contributed by atoms with Crippen LogP contribution in [-0.2, 0) is 14.3 Å². The number of carboxylic acid groups (broad SMARTS) is 1. The number of carboxylic acids is 1. The summed E-state index contributed by atoms with van der Waals surface area (Å²) in [5, 5.41) is 9.50. The number of carbonyl (C=O) groups is 2. The van der Waals surface area contributed by atoms with Crippen LogP contribution in [0.5, 0.6) is 0 Å². The highest BCUT2D eigenvalue weighted by Gasteiger charge is 2.56. The molecule has 0 aromatic heterocycles. The highest BCUT2D eigenvalue weighted by Crippen LogP contribution is 2.41. The van der Waals surface area contributed by atoms with Gasteiger partial charge in [0.1, 0.15) is 5.41 Å². The van der Waals surface area contributed by atoms with Gasteiger partial charge in [-0.2, -0.15) is 0 Å². The standard InChI is InChI=1S/C14H23N3O4/c1-15-2-4-17(5-3-15)12(18)7-16-6-11-8-21-10-14(11,9-16)13(19)20/h11H,2-10H2,1H3,(H,19,20)/t11-,14-/m1/s1. The van der Waals surface area contributed by atoms with Crippen LogP contribution in [0.3, 0.4) is 0 Å². The van der Waals surface area contributed by atoms with Gasteiger partial charge in [0.25, 0.3) is 0 Å². The molecule has 21 heavy (non-hydrogen) atoms. The Morgan fingerprint density at radius 2 is 2.00 bits per heavy atom. The minimum Gasteiger partial charge on any atom is -0.481 e. The lowest BCUT2D eigenvalue weighted by Gasteiger charge is -2.33. The minimum atomic E-state index is -0.803. The molecular formula is C14H23N3O4. The van der Waals surface area contributed by atoms with Crippen LogP contribution < -0.4 is 0 Å². The summed E-state index contributed by atoms with van der Waals surface area (Å²) >= 11 is 0. The smallest absolute Gasteiger partial charge is 0.313 e. The SMILES string of the molecule is CN1CCN(C(=O)CN2C[C@@H]3COC[C@]3(C(=O)O)C2)CC1. The van der Waals surface area contributed by atoms with E-state index in [1.165, 1.54) is 0 Å². The Hall–Kier alpha value is -1.18. The molecule has 0 aromatic rings. The molecule has 0 spiro atoms. The molecule has 3 heterocycles. The molecule has 3 saturated heterocycles. The first-order valence-electron chi connectivity index (χ1n) is 7.51. The molecule has 0 radical (unpaired) electrons. The van der Waals surface area contributed by atoms with E-state index in [0.29, 0.717) is 26.2 Å². The van der Waals surface area contributed by atoms with Crippen molar-refractivity contribution >= 4 is 11.9 Å². The topological polar surface area (TPSA) is 73.3 Å². The summed E-state index contributed by atoms with van der Waals surface area (Å²) in [5.74, 6) is -0.667. The van der Waals surface area contributed by atoms with Gasteiger partial charge < -0.3 is 19.6 Å². The molecule has 3 aliphatic rings. The highest BCUT2D eigenvalue weighted by molar-refractivity contribution is 5.79. The molecule has 118 valence electrons. The maximum absolute atomic E-state index is 12.3. The van der Waals surface area contributed by atoms with E-state index in [2.05, 4.69) is 11.9 Å². The van der Waals surface area contributed by atoms with Crippen molar-refractivity contribution in [2.45, 2.75) is 0 Å². The predicted molar refractivity (Wildman–Crippen MR) is 74.9 cm³/mol. The van der Waals surface area contributed by atoms with Crippen molar-refractivity contribution in [3.05, 3.63) is 0 Å². The number of likely N-dealkylation sites (N-methyl/N-ethyl adjacent to an activating group) is 1. The zero-order chi connectivity index (χ0) is 15.0. The molecule has 0 bridgehead atoms. The van der Waals surface area contributed by atoms with Crippen molar-refractivity contribution in [1.29, 1.82) is 0 Å². The van der Waals surface area contributed by atoms with Crippen LogP contribution in [-0.4, -0.2) is 97.8 Å². The Morgan fingerprint density at radius 3 is 2.62 bits per heavy atom. The number of rotatable bonds is 3. The number of carbonyl (C=O) groups excluding carboxylic acids is 1. The molecule has 7 nitrogen and oxygen atoms in total. The van der Waals surface area contributed by atoms with Gasteiger partial charge in [-0.1, -0.05) is 0 Å². The molecule has 3 rings (SSSR count). The number of amides is 1. The number of fused-ring (bicyclic) bond motifs is 1. The van der Waals surface area contributed by atoms with Gasteiger partial charge in [0, 0.05) is 45.2 Å². The summed E-state index contributed by atoms with van der Waals surface area (Å²) in [6, 6.07) is 0. The van der Waals surface area contributed by atoms with Gasteiger partial charge in [-0.15, -0.1) is 0 Å². The summed E-state index contributed by atoms with van der Waals surface area (Å²) in [6.07, 6.45) is 0. The van der Waals surface area contributed by atoms with E-state index in [1.807, 2.05) is 9.80 Å². The number of hydrogen-bond donors (Lipinski definition) is 1. The fourth-order valence-electron chi connectivity index (χ4n) is 3.61. The zero-order valence-corrected chi connectivity index (χ0v) is 12.5. The molecule has 0 aliphatic carbocycles. The van der Waals surface area contributed by atoms with Gasteiger partial charge in [-0.25, -0.2) is 0 Å². The maximum Gasteiger partial charge on any atom is 0.313 e. The lowest BCUT2D eigenvalue weighted by Crippen LogP contribution is -2.50. The van der Waals surface area contributed by atoms with Crippen molar-refractivity contribution in [1.82, 2.24) is 14.7 Å². The summed E-state index contributed by atoms with van der Waals surface area (Å²) in [4.78, 5) is 30.0. The van der Waals surface area contributed by atoms with Crippen LogP contribution in [0.2, 0.25) is 0 Å². The van der Waals surface area contributed by atoms with E-state index in [4.69, 9.17) is 4.74 Å². The average Bonchev–Trinajstić information content (AvgIpc) is 2.97. The fraction of sp³-hybridized carbons (Fsp3) is 0.857. The van der Waals surface area contributed by atoms with E-state index < -0.39 is 11.4 Å². The third-order valence-corrected chi connectivity index (χ3v) is 5.09. The summed E-state index contributed by atoms with van der Waals surface area (Å²) in [6.45, 7) is 5.49. The number of piperazine rings is 1. The van der Waals surface area contributed by atoms with Crippen LogP contribution in [0.1, 0.15) is 0 Å². The van der Waals surface area contributed by atoms with Crippen molar-refractivity contribution in [3.8, 4) is 0 Å². The third kappa shape index (κ3) is 2.65. The van der Waals surface area contributed by atoms with Gasteiger partial charge in [-0.3, -0.25) is 14.5 Å². The molecule has 0 aromatic carbocycles. The first kappa shape index (κ1) is 14.7. The van der Waals surface area contributed by atoms with Crippen molar-refractivity contribution < 1.29 is 19.4 Å². The fourth-order valence-corrected chi connectivity index (χ4v) is 3.61. The first-order chi connectivity index (χ1) is 10.0. The molecule has 1 amide bonds. The second-order valence-electron chi connectivity index (χ2n) is 6.53. The second-order valence-corrected chi connectivity index (χ2v) is 6.53. The normalized spacial score (nSPS) is 34.1. The first-order valence-corrected chi connectivity index (χ1v) is 7.51. The van der Waals surface area contributed by atoms with E-state index >= 15 is 0 Å². The molecule has 7 heteroatoms. The number of nitrogens with zero attached hydrogens (tertiary/aromatic N) is 3. The Morgan fingerprint density at radius 1 is 1.29 bits per heavy atom. The Labute approximate surface area is 124 Å². The third-order valence-electron chi connectivity index (χ3n) is 5.09.